The molecule has 7 nitrogen and oxygen atoms in total. The molecule has 0 bridgehead atoms. The number of carbonyl (C=O) groups is 2. The van der Waals surface area contributed by atoms with Crippen molar-refractivity contribution in [2.24, 2.45) is 18.7 Å². The monoisotopic (exact) mass is 293 g/mol. The number of rotatable bonds is 4. The number of piperidine rings is 1. The Labute approximate surface area is 124 Å². The predicted molar refractivity (Wildman–Crippen MR) is 78.6 cm³/mol. The van der Waals surface area contributed by atoms with Crippen molar-refractivity contribution in [3.63, 3.8) is 0 Å². The first-order chi connectivity index (χ1) is 10.0. The van der Waals surface area contributed by atoms with Crippen molar-refractivity contribution in [1.29, 1.82) is 0 Å². The highest BCUT2D eigenvalue weighted by Crippen LogP contribution is 2.18. The van der Waals surface area contributed by atoms with E-state index >= 15 is 0 Å². The Balaban J connectivity index is 2.00. The Kier molecular flexibility index (Phi) is 4.95. The number of nitrogens with one attached hydrogen (secondary N) is 1. The van der Waals surface area contributed by atoms with E-state index in [0.717, 1.165) is 18.5 Å². The van der Waals surface area contributed by atoms with Crippen LogP contribution in [0.25, 0.3) is 0 Å². The van der Waals surface area contributed by atoms with Crippen molar-refractivity contribution in [2.75, 3.05) is 26.2 Å². The number of hydrogen-bond donors (Lipinski definition) is 2. The number of hydrogen-bond acceptors (Lipinski definition) is 4. The average molecular weight is 293 g/mol. The van der Waals surface area contributed by atoms with Gasteiger partial charge in [0.1, 0.15) is 0 Å². The van der Waals surface area contributed by atoms with E-state index in [1.807, 2.05) is 14.0 Å². The van der Waals surface area contributed by atoms with E-state index in [2.05, 4.69) is 10.4 Å². The first-order valence-corrected chi connectivity index (χ1v) is 7.30. The summed E-state index contributed by atoms with van der Waals surface area (Å²) in [5, 5.41) is 7.01. The lowest BCUT2D eigenvalue weighted by molar-refractivity contribution is -0.126. The summed E-state index contributed by atoms with van der Waals surface area (Å²) >= 11 is 0. The van der Waals surface area contributed by atoms with Gasteiger partial charge in [0.25, 0.3) is 5.91 Å². The standard InChI is InChI=1S/C14H23N5O2/c1-10-8-12(17-18(10)2)14(21)19-7-3-4-11(9-19)13(20)16-6-5-15/h8,11H,3-7,9,15H2,1-2H3,(H,16,20). The van der Waals surface area contributed by atoms with Crippen molar-refractivity contribution in [2.45, 2.75) is 19.8 Å². The van der Waals surface area contributed by atoms with Gasteiger partial charge in [0.2, 0.25) is 5.91 Å². The second kappa shape index (κ2) is 6.71. The molecule has 0 saturated carbocycles. The highest BCUT2D eigenvalue weighted by Gasteiger charge is 2.29. The Bertz CT molecular complexity index is 506. The summed E-state index contributed by atoms with van der Waals surface area (Å²) in [6.07, 6.45) is 1.64. The lowest BCUT2D eigenvalue weighted by Gasteiger charge is -2.31. The molecule has 1 aliphatic heterocycles. The van der Waals surface area contributed by atoms with Crippen LogP contribution >= 0.6 is 0 Å². The van der Waals surface area contributed by atoms with Crippen LogP contribution in [0.4, 0.5) is 0 Å². The van der Waals surface area contributed by atoms with Crippen molar-refractivity contribution < 1.29 is 9.59 Å². The molecule has 3 N–H and O–H groups in total. The third-order valence-corrected chi connectivity index (χ3v) is 3.86. The van der Waals surface area contributed by atoms with Gasteiger partial charge in [-0.15, -0.1) is 0 Å². The van der Waals surface area contributed by atoms with Crippen LogP contribution in [0.1, 0.15) is 29.0 Å². The number of aryl methyl sites for hydroxylation is 2. The summed E-state index contributed by atoms with van der Waals surface area (Å²) < 4.78 is 1.68. The van der Waals surface area contributed by atoms with Gasteiger partial charge in [-0.1, -0.05) is 0 Å². The Hall–Kier alpha value is -1.89. The Morgan fingerprint density at radius 1 is 1.52 bits per heavy atom. The maximum atomic E-state index is 12.4. The zero-order valence-electron chi connectivity index (χ0n) is 12.6. The topological polar surface area (TPSA) is 93.2 Å². The molecular weight excluding hydrogens is 270 g/mol. The smallest absolute Gasteiger partial charge is 0.274 e. The highest BCUT2D eigenvalue weighted by molar-refractivity contribution is 5.93. The molecule has 1 aromatic rings. The summed E-state index contributed by atoms with van der Waals surface area (Å²) in [6, 6.07) is 1.78. The van der Waals surface area contributed by atoms with Crippen LogP contribution in [0.3, 0.4) is 0 Å². The number of nitrogens with zero attached hydrogens (tertiary/aromatic N) is 3. The molecule has 1 unspecified atom stereocenters. The second-order valence-corrected chi connectivity index (χ2v) is 5.46. The van der Waals surface area contributed by atoms with E-state index in [-0.39, 0.29) is 17.7 Å². The molecule has 0 aliphatic carbocycles. The van der Waals surface area contributed by atoms with Crippen LogP contribution in [0.15, 0.2) is 6.07 Å². The van der Waals surface area contributed by atoms with Crippen LogP contribution in [-0.4, -0.2) is 52.7 Å². The highest BCUT2D eigenvalue weighted by atomic mass is 16.2. The number of nitrogens with two attached hydrogens (primary N) is 1. The average Bonchev–Trinajstić information content (AvgIpc) is 2.83. The van der Waals surface area contributed by atoms with Crippen molar-refractivity contribution >= 4 is 11.8 Å². The van der Waals surface area contributed by atoms with Crippen LogP contribution < -0.4 is 11.1 Å². The maximum Gasteiger partial charge on any atom is 0.274 e. The second-order valence-electron chi connectivity index (χ2n) is 5.46. The van der Waals surface area contributed by atoms with E-state index in [4.69, 9.17) is 5.73 Å². The Morgan fingerprint density at radius 2 is 2.29 bits per heavy atom. The molecule has 116 valence electrons. The van der Waals surface area contributed by atoms with E-state index < -0.39 is 0 Å². The molecule has 0 spiro atoms. The minimum Gasteiger partial charge on any atom is -0.355 e. The first-order valence-electron chi connectivity index (χ1n) is 7.30. The number of aromatic nitrogens is 2. The van der Waals surface area contributed by atoms with Gasteiger partial charge in [0.15, 0.2) is 5.69 Å². The first kappa shape index (κ1) is 15.5. The molecule has 21 heavy (non-hydrogen) atoms. The third kappa shape index (κ3) is 3.60. The van der Waals surface area contributed by atoms with Crippen LogP contribution in [0, 0.1) is 12.8 Å². The molecule has 0 radical (unpaired) electrons. The van der Waals surface area contributed by atoms with Crippen LogP contribution in [0.5, 0.6) is 0 Å². The van der Waals surface area contributed by atoms with Gasteiger partial charge < -0.3 is 16.0 Å². The quantitative estimate of drug-likeness (QED) is 0.794. The van der Waals surface area contributed by atoms with E-state index in [1.165, 1.54) is 0 Å². The molecule has 1 atom stereocenters. The minimum absolute atomic E-state index is 0.0184. The van der Waals surface area contributed by atoms with Gasteiger partial charge in [-0.05, 0) is 25.8 Å². The summed E-state index contributed by atoms with van der Waals surface area (Å²) in [6.45, 7) is 3.93. The fourth-order valence-electron chi connectivity index (χ4n) is 2.54. The number of likely N-dealkylation sites (tertiary alicyclic amines) is 1. The van der Waals surface area contributed by atoms with Crippen molar-refractivity contribution in [3.8, 4) is 0 Å². The van der Waals surface area contributed by atoms with Gasteiger partial charge in [-0.3, -0.25) is 14.3 Å². The van der Waals surface area contributed by atoms with Crippen LogP contribution in [-0.2, 0) is 11.8 Å². The molecule has 1 aliphatic rings. The van der Waals surface area contributed by atoms with E-state index in [0.29, 0.717) is 31.9 Å². The maximum absolute atomic E-state index is 12.4. The minimum atomic E-state index is -0.154. The largest absolute Gasteiger partial charge is 0.355 e. The normalized spacial score (nSPS) is 18.6. The van der Waals surface area contributed by atoms with Gasteiger partial charge >= 0.3 is 0 Å². The van der Waals surface area contributed by atoms with Gasteiger partial charge in [-0.2, -0.15) is 5.10 Å². The molecule has 2 amide bonds. The summed E-state index contributed by atoms with van der Waals surface area (Å²) in [4.78, 5) is 26.2. The molecule has 7 heteroatoms. The van der Waals surface area contributed by atoms with Gasteiger partial charge in [0, 0.05) is 38.9 Å². The zero-order chi connectivity index (χ0) is 15.4. The van der Waals surface area contributed by atoms with E-state index in [9.17, 15) is 9.59 Å². The lowest BCUT2D eigenvalue weighted by atomic mass is 9.97. The van der Waals surface area contributed by atoms with Crippen molar-refractivity contribution in [1.82, 2.24) is 20.0 Å². The molecule has 2 heterocycles. The number of carbonyl (C=O) groups excluding carboxylic acids is 2. The zero-order valence-corrected chi connectivity index (χ0v) is 12.6. The van der Waals surface area contributed by atoms with Crippen LogP contribution in [0.2, 0.25) is 0 Å². The molecule has 1 aromatic heterocycles. The van der Waals surface area contributed by atoms with Gasteiger partial charge in [0.05, 0.1) is 5.92 Å². The molecule has 0 aromatic carbocycles. The summed E-state index contributed by atoms with van der Waals surface area (Å²) in [7, 11) is 1.81. The summed E-state index contributed by atoms with van der Waals surface area (Å²) in [5.41, 5.74) is 6.76. The van der Waals surface area contributed by atoms with Crippen molar-refractivity contribution in [3.05, 3.63) is 17.5 Å². The molecular formula is C14H23N5O2. The molecule has 2 rings (SSSR count). The third-order valence-electron chi connectivity index (χ3n) is 3.86. The fraction of sp³-hybridized carbons (Fsp3) is 0.643. The molecule has 1 saturated heterocycles. The predicted octanol–water partition coefficient (Wildman–Crippen LogP) is -0.344. The SMILES string of the molecule is Cc1cc(C(=O)N2CCCC(C(=O)NCCN)C2)nn1C. The summed E-state index contributed by atoms with van der Waals surface area (Å²) in [5.74, 6) is -0.274. The fourth-order valence-corrected chi connectivity index (χ4v) is 2.54. The van der Waals surface area contributed by atoms with E-state index in [1.54, 1.807) is 15.6 Å². The Morgan fingerprint density at radius 3 is 2.90 bits per heavy atom. The number of amides is 2. The van der Waals surface area contributed by atoms with Gasteiger partial charge in [-0.25, -0.2) is 0 Å². The molecule has 1 fully saturated rings. The lowest BCUT2D eigenvalue weighted by Crippen LogP contribution is -2.46.